The Hall–Kier alpha value is -1.22. The highest BCUT2D eigenvalue weighted by molar-refractivity contribution is 5.70. The first-order valence-corrected chi connectivity index (χ1v) is 25.8. The molecule has 2 heterocycles. The number of nitrogens with zero attached hydrogens (tertiary/aromatic N) is 2. The summed E-state index contributed by atoms with van der Waals surface area (Å²) in [6.07, 6.45) is 36.1. The van der Waals surface area contributed by atoms with Gasteiger partial charge in [0.15, 0.2) is 0 Å². The molecule has 0 atom stereocenters. The predicted molar refractivity (Wildman–Crippen MR) is 251 cm³/mol. The molecule has 0 aliphatic carbocycles. The first-order chi connectivity index (χ1) is 28.5. The van der Waals surface area contributed by atoms with Crippen LogP contribution < -0.4 is 0 Å². The number of esters is 2. The average molecular weight is 849 g/mol. The van der Waals surface area contributed by atoms with Crippen molar-refractivity contribution in [2.45, 2.75) is 309 Å². The Bertz CT molecular complexity index is 1000. The Morgan fingerprint density at radius 2 is 0.617 bits per heavy atom. The molecule has 0 saturated carbocycles. The lowest BCUT2D eigenvalue weighted by Gasteiger charge is -2.53. The van der Waals surface area contributed by atoms with Gasteiger partial charge >= 0.3 is 11.9 Å². The zero-order valence-electron chi connectivity index (χ0n) is 41.5. The summed E-state index contributed by atoms with van der Waals surface area (Å²) in [6, 6.07) is 0. The second-order valence-electron chi connectivity index (χ2n) is 21.5. The van der Waals surface area contributed by atoms with E-state index in [0.29, 0.717) is 12.8 Å². The lowest BCUT2D eigenvalue weighted by Crippen LogP contribution is -2.62. The summed E-state index contributed by atoms with van der Waals surface area (Å²) >= 11 is 0. The molecule has 60 heavy (non-hydrogen) atoms. The molecule has 0 aromatic carbocycles. The third kappa shape index (κ3) is 22.9. The molecular weight excluding hydrogens is 749 g/mol. The van der Waals surface area contributed by atoms with Gasteiger partial charge in [-0.1, -0.05) is 155 Å². The van der Waals surface area contributed by atoms with Crippen LogP contribution in [0.15, 0.2) is 0 Å². The van der Waals surface area contributed by atoms with E-state index in [2.05, 4.69) is 79.4 Å². The van der Waals surface area contributed by atoms with E-state index in [1.54, 1.807) is 0 Å². The highest BCUT2D eigenvalue weighted by Gasteiger charge is 2.49. The molecule has 2 aliphatic heterocycles. The van der Waals surface area contributed by atoms with E-state index in [9.17, 15) is 9.59 Å². The van der Waals surface area contributed by atoms with Gasteiger partial charge < -0.3 is 9.47 Å². The Morgan fingerprint density at radius 3 is 0.883 bits per heavy atom. The van der Waals surface area contributed by atoms with Crippen molar-refractivity contribution in [1.82, 2.24) is 10.1 Å². The van der Waals surface area contributed by atoms with Crippen molar-refractivity contribution in [1.29, 1.82) is 0 Å². The SMILES string of the molecule is CCCCCCCCCCCCON1C(C)(C)CC(OC(=O)CCCCCCCCC(=O)OC2CC(C)(C)N(OCCCCCCCCCCCC)C(C)(C)C2)CC1(C)C. The van der Waals surface area contributed by atoms with Crippen molar-refractivity contribution in [3.05, 3.63) is 0 Å². The van der Waals surface area contributed by atoms with Crippen LogP contribution in [0.5, 0.6) is 0 Å². The van der Waals surface area contributed by atoms with Crippen molar-refractivity contribution < 1.29 is 28.7 Å². The van der Waals surface area contributed by atoms with Gasteiger partial charge in [0.1, 0.15) is 12.2 Å². The highest BCUT2D eigenvalue weighted by Crippen LogP contribution is 2.41. The molecule has 0 aromatic rings. The van der Waals surface area contributed by atoms with Crippen LogP contribution in [0.2, 0.25) is 0 Å². The molecule has 2 rings (SSSR count). The van der Waals surface area contributed by atoms with Crippen LogP contribution in [-0.2, 0) is 28.7 Å². The molecule has 0 N–H and O–H groups in total. The summed E-state index contributed by atoms with van der Waals surface area (Å²) in [7, 11) is 0. The molecule has 8 heteroatoms. The number of hydrogen-bond acceptors (Lipinski definition) is 8. The number of unbranched alkanes of at least 4 members (excludes halogenated alkanes) is 23. The van der Waals surface area contributed by atoms with E-state index in [0.717, 1.165) is 90.3 Å². The summed E-state index contributed by atoms with van der Waals surface area (Å²) in [5.41, 5.74) is -0.821. The van der Waals surface area contributed by atoms with Crippen LogP contribution in [0.25, 0.3) is 0 Å². The largest absolute Gasteiger partial charge is 0.462 e. The van der Waals surface area contributed by atoms with Crippen LogP contribution >= 0.6 is 0 Å². The Kier molecular flexibility index (Phi) is 27.5. The van der Waals surface area contributed by atoms with Crippen molar-refractivity contribution in [2.75, 3.05) is 13.2 Å². The standard InChI is InChI=1S/C52H100N2O6/c1-11-13-15-17-19-21-23-27-31-35-39-57-53-49(3,4)41-45(42-50(53,5)6)59-47(55)37-33-29-25-26-30-34-38-48(56)60-46-43-51(7,8)54(52(9,10)44-46)58-40-36-32-28-24-22-20-18-16-14-12-2/h45-46H,11-44H2,1-10H3. The minimum absolute atomic E-state index is 0.0769. The molecule has 0 amide bonds. The van der Waals surface area contributed by atoms with Crippen molar-refractivity contribution in [2.24, 2.45) is 0 Å². The fraction of sp³-hybridized carbons (Fsp3) is 0.962. The van der Waals surface area contributed by atoms with Gasteiger partial charge in [0, 0.05) is 60.7 Å². The van der Waals surface area contributed by atoms with Gasteiger partial charge in [-0.2, -0.15) is 10.1 Å². The van der Waals surface area contributed by atoms with E-state index >= 15 is 0 Å². The van der Waals surface area contributed by atoms with Crippen LogP contribution in [0, 0.1) is 0 Å². The number of piperidine rings is 2. The smallest absolute Gasteiger partial charge is 0.306 e. The first kappa shape index (κ1) is 54.9. The third-order valence-electron chi connectivity index (χ3n) is 13.2. The maximum atomic E-state index is 12.9. The zero-order valence-corrected chi connectivity index (χ0v) is 41.5. The molecule has 8 nitrogen and oxygen atoms in total. The summed E-state index contributed by atoms with van der Waals surface area (Å²) in [5.74, 6) is -0.154. The number of hydroxylamine groups is 4. The summed E-state index contributed by atoms with van der Waals surface area (Å²) in [4.78, 5) is 38.6. The topological polar surface area (TPSA) is 77.5 Å². The van der Waals surface area contributed by atoms with Gasteiger partial charge in [-0.25, -0.2) is 0 Å². The van der Waals surface area contributed by atoms with Crippen molar-refractivity contribution >= 4 is 11.9 Å². The van der Waals surface area contributed by atoms with Gasteiger partial charge in [-0.3, -0.25) is 19.3 Å². The van der Waals surface area contributed by atoms with Crippen LogP contribution in [0.3, 0.4) is 0 Å². The predicted octanol–water partition coefficient (Wildman–Crippen LogP) is 14.9. The molecule has 0 unspecified atom stereocenters. The number of carbonyl (C=O) groups is 2. The number of rotatable bonds is 35. The lowest BCUT2D eigenvalue weighted by atomic mass is 9.80. The Labute approximate surface area is 372 Å². The molecule has 2 aliphatic rings. The van der Waals surface area contributed by atoms with Crippen LogP contribution in [0.1, 0.15) is 275 Å². The van der Waals surface area contributed by atoms with Crippen molar-refractivity contribution in [3.63, 3.8) is 0 Å². The number of ether oxygens (including phenoxy) is 2. The molecule has 2 fully saturated rings. The fourth-order valence-corrected chi connectivity index (χ4v) is 10.4. The van der Waals surface area contributed by atoms with E-state index in [1.165, 1.54) is 116 Å². The van der Waals surface area contributed by atoms with E-state index in [1.807, 2.05) is 0 Å². The van der Waals surface area contributed by atoms with Gasteiger partial charge in [0.2, 0.25) is 0 Å². The molecule has 2 saturated heterocycles. The minimum atomic E-state index is -0.205. The van der Waals surface area contributed by atoms with Crippen LogP contribution in [-0.4, -0.2) is 69.6 Å². The van der Waals surface area contributed by atoms with Gasteiger partial charge in [0.05, 0.1) is 13.2 Å². The second-order valence-corrected chi connectivity index (χ2v) is 21.5. The molecule has 0 bridgehead atoms. The Balaban J connectivity index is 1.53. The summed E-state index contributed by atoms with van der Waals surface area (Å²) < 4.78 is 12.1. The number of hydrogen-bond donors (Lipinski definition) is 0. The minimum Gasteiger partial charge on any atom is -0.462 e. The third-order valence-corrected chi connectivity index (χ3v) is 13.2. The summed E-state index contributed by atoms with van der Waals surface area (Å²) in [5, 5.41) is 4.39. The quantitative estimate of drug-likeness (QED) is 0.0461. The molecule has 0 radical (unpaired) electrons. The maximum absolute atomic E-state index is 12.9. The van der Waals surface area contributed by atoms with E-state index < -0.39 is 0 Å². The Morgan fingerprint density at radius 1 is 0.383 bits per heavy atom. The number of carbonyl (C=O) groups excluding carboxylic acids is 2. The maximum Gasteiger partial charge on any atom is 0.306 e. The monoisotopic (exact) mass is 849 g/mol. The zero-order chi connectivity index (χ0) is 44.3. The molecule has 0 aromatic heterocycles. The second kappa shape index (κ2) is 30.0. The van der Waals surface area contributed by atoms with E-state index in [4.69, 9.17) is 19.1 Å². The highest BCUT2D eigenvalue weighted by atomic mass is 16.7. The lowest BCUT2D eigenvalue weighted by molar-refractivity contribution is -0.293. The molecular formula is C52H100N2O6. The van der Waals surface area contributed by atoms with Gasteiger partial charge in [-0.15, -0.1) is 0 Å². The van der Waals surface area contributed by atoms with Crippen molar-refractivity contribution in [3.8, 4) is 0 Å². The fourth-order valence-electron chi connectivity index (χ4n) is 10.4. The van der Waals surface area contributed by atoms with Gasteiger partial charge in [-0.05, 0) is 81.1 Å². The molecule has 354 valence electrons. The average Bonchev–Trinajstić information content (AvgIpc) is 3.14. The van der Waals surface area contributed by atoms with E-state index in [-0.39, 0.29) is 46.3 Å². The first-order valence-electron chi connectivity index (χ1n) is 25.8. The summed E-state index contributed by atoms with van der Waals surface area (Å²) in [6.45, 7) is 23.8. The van der Waals surface area contributed by atoms with Gasteiger partial charge in [0.25, 0.3) is 0 Å². The molecule has 0 spiro atoms. The van der Waals surface area contributed by atoms with Crippen LogP contribution in [0.4, 0.5) is 0 Å². The normalized spacial score (nSPS) is 19.4.